The molecule has 4 nitrogen and oxygen atoms in total. The summed E-state index contributed by atoms with van der Waals surface area (Å²) in [6.07, 6.45) is 4.30. The molecule has 0 amide bonds. The van der Waals surface area contributed by atoms with Crippen LogP contribution in [0.2, 0.25) is 0 Å². The van der Waals surface area contributed by atoms with Crippen LogP contribution in [0.1, 0.15) is 35.9 Å². The normalized spacial score (nSPS) is 12.9. The third-order valence-electron chi connectivity index (χ3n) is 4.33. The van der Waals surface area contributed by atoms with E-state index in [1.165, 1.54) is 22.0 Å². The maximum absolute atomic E-state index is 5.20. The van der Waals surface area contributed by atoms with Gasteiger partial charge in [0, 0.05) is 35.2 Å². The first-order chi connectivity index (χ1) is 10.6. The Morgan fingerprint density at radius 2 is 2.09 bits per heavy atom. The van der Waals surface area contributed by atoms with E-state index in [2.05, 4.69) is 52.8 Å². The molecule has 1 aromatic carbocycles. The van der Waals surface area contributed by atoms with Crippen LogP contribution < -0.4 is 5.32 Å². The van der Waals surface area contributed by atoms with Crippen LogP contribution in [-0.2, 0) is 13.0 Å². The molecule has 0 bridgehead atoms. The second kappa shape index (κ2) is 6.36. The molecule has 4 heteroatoms. The minimum absolute atomic E-state index is 0.447. The molecule has 116 valence electrons. The van der Waals surface area contributed by atoms with Gasteiger partial charge in [0.25, 0.3) is 0 Å². The van der Waals surface area contributed by atoms with Crippen molar-refractivity contribution in [1.29, 1.82) is 0 Å². The second-order valence-corrected chi connectivity index (χ2v) is 5.98. The van der Waals surface area contributed by atoms with Crippen molar-refractivity contribution in [2.75, 3.05) is 0 Å². The van der Waals surface area contributed by atoms with Crippen molar-refractivity contribution in [2.24, 2.45) is 0 Å². The summed E-state index contributed by atoms with van der Waals surface area (Å²) >= 11 is 0. The Balaban J connectivity index is 1.55. The summed E-state index contributed by atoms with van der Waals surface area (Å²) in [4.78, 5) is 3.34. The number of fused-ring (bicyclic) bond motifs is 1. The number of nitrogens with zero attached hydrogens (tertiary/aromatic N) is 1. The molecule has 0 fully saturated rings. The lowest BCUT2D eigenvalue weighted by atomic mass is 10.0. The van der Waals surface area contributed by atoms with Crippen LogP contribution >= 0.6 is 0 Å². The molecular weight excluding hydrogens is 274 g/mol. The van der Waals surface area contributed by atoms with Gasteiger partial charge in [0.15, 0.2) is 0 Å². The van der Waals surface area contributed by atoms with E-state index in [0.29, 0.717) is 6.04 Å². The first-order valence-electron chi connectivity index (χ1n) is 7.85. The summed E-state index contributed by atoms with van der Waals surface area (Å²) in [5, 5.41) is 8.90. The van der Waals surface area contributed by atoms with Gasteiger partial charge in [-0.1, -0.05) is 23.4 Å². The van der Waals surface area contributed by atoms with Crippen molar-refractivity contribution in [3.63, 3.8) is 0 Å². The number of aromatic nitrogens is 2. The molecule has 3 aromatic rings. The van der Waals surface area contributed by atoms with Gasteiger partial charge in [-0.05, 0) is 45.2 Å². The minimum Gasteiger partial charge on any atom is -0.361 e. The van der Waals surface area contributed by atoms with Crippen LogP contribution in [0.15, 0.2) is 35.0 Å². The summed E-state index contributed by atoms with van der Waals surface area (Å²) in [5.41, 5.74) is 4.77. The molecule has 0 aliphatic carbocycles. The average Bonchev–Trinajstić information content (AvgIpc) is 3.07. The first kappa shape index (κ1) is 14.9. The second-order valence-electron chi connectivity index (χ2n) is 5.98. The van der Waals surface area contributed by atoms with Gasteiger partial charge in [-0.3, -0.25) is 0 Å². The van der Waals surface area contributed by atoms with E-state index in [0.717, 1.165) is 30.8 Å². The highest BCUT2D eigenvalue weighted by Crippen LogP contribution is 2.19. The number of nitrogens with one attached hydrogen (secondary N) is 2. The maximum atomic E-state index is 5.20. The fourth-order valence-corrected chi connectivity index (χ4v) is 2.84. The fraction of sp³-hybridized carbons (Fsp3) is 0.389. The summed E-state index contributed by atoms with van der Waals surface area (Å²) in [5.74, 6) is 0.911. The van der Waals surface area contributed by atoms with Crippen molar-refractivity contribution in [1.82, 2.24) is 15.5 Å². The van der Waals surface area contributed by atoms with Gasteiger partial charge in [-0.15, -0.1) is 0 Å². The molecular formula is C18H23N3O. The largest absolute Gasteiger partial charge is 0.361 e. The van der Waals surface area contributed by atoms with E-state index in [4.69, 9.17) is 4.52 Å². The van der Waals surface area contributed by atoms with Crippen molar-refractivity contribution in [3.05, 3.63) is 53.0 Å². The summed E-state index contributed by atoms with van der Waals surface area (Å²) in [6.45, 7) is 7.00. The standard InChI is InChI=1S/C18H23N3O/c1-12(19-11-17-13(2)21-22-14(17)3)8-9-15-10-20-18-7-5-4-6-16(15)18/h4-7,10,12,19-20H,8-9,11H2,1-3H3. The number of aromatic amines is 1. The van der Waals surface area contributed by atoms with Crippen LogP contribution in [0.5, 0.6) is 0 Å². The zero-order valence-electron chi connectivity index (χ0n) is 13.4. The lowest BCUT2D eigenvalue weighted by Crippen LogP contribution is -2.26. The van der Waals surface area contributed by atoms with Crippen LogP contribution in [0.25, 0.3) is 10.9 Å². The highest BCUT2D eigenvalue weighted by atomic mass is 16.5. The Morgan fingerprint density at radius 3 is 2.86 bits per heavy atom. The third-order valence-corrected chi connectivity index (χ3v) is 4.33. The molecule has 1 unspecified atom stereocenters. The Bertz CT molecular complexity index is 737. The monoisotopic (exact) mass is 297 g/mol. The highest BCUT2D eigenvalue weighted by molar-refractivity contribution is 5.82. The Hall–Kier alpha value is -2.07. The van der Waals surface area contributed by atoms with E-state index in [1.54, 1.807) is 0 Å². The van der Waals surface area contributed by atoms with E-state index in [1.807, 2.05) is 13.8 Å². The first-order valence-corrected chi connectivity index (χ1v) is 7.85. The number of rotatable bonds is 6. The molecule has 22 heavy (non-hydrogen) atoms. The zero-order valence-corrected chi connectivity index (χ0v) is 13.4. The number of hydrogen-bond donors (Lipinski definition) is 2. The summed E-state index contributed by atoms with van der Waals surface area (Å²) in [7, 11) is 0. The molecule has 2 aromatic heterocycles. The maximum Gasteiger partial charge on any atom is 0.138 e. The predicted molar refractivity (Wildman–Crippen MR) is 88.9 cm³/mol. The number of aryl methyl sites for hydroxylation is 3. The lowest BCUT2D eigenvalue weighted by Gasteiger charge is -2.13. The number of hydrogen-bond acceptors (Lipinski definition) is 3. The van der Waals surface area contributed by atoms with Gasteiger partial charge in [-0.2, -0.15) is 0 Å². The third kappa shape index (κ3) is 3.07. The van der Waals surface area contributed by atoms with Gasteiger partial charge in [0.1, 0.15) is 5.76 Å². The topological polar surface area (TPSA) is 53.9 Å². The average molecular weight is 297 g/mol. The van der Waals surface area contributed by atoms with Crippen molar-refractivity contribution < 1.29 is 4.52 Å². The van der Waals surface area contributed by atoms with Crippen LogP contribution in [0.4, 0.5) is 0 Å². The number of H-pyrrole nitrogens is 1. The molecule has 1 atom stereocenters. The van der Waals surface area contributed by atoms with Crippen LogP contribution in [0, 0.1) is 13.8 Å². The summed E-state index contributed by atoms with van der Waals surface area (Å²) < 4.78 is 5.20. The van der Waals surface area contributed by atoms with Crippen molar-refractivity contribution in [2.45, 2.75) is 46.2 Å². The van der Waals surface area contributed by atoms with Gasteiger partial charge in [0.05, 0.1) is 5.69 Å². The molecule has 0 radical (unpaired) electrons. The summed E-state index contributed by atoms with van der Waals surface area (Å²) in [6, 6.07) is 8.92. The Kier molecular flexibility index (Phi) is 4.29. The zero-order chi connectivity index (χ0) is 15.5. The fourth-order valence-electron chi connectivity index (χ4n) is 2.84. The lowest BCUT2D eigenvalue weighted by molar-refractivity contribution is 0.391. The van der Waals surface area contributed by atoms with Crippen molar-refractivity contribution in [3.8, 4) is 0 Å². The SMILES string of the molecule is Cc1noc(C)c1CNC(C)CCc1c[nH]c2ccccc12. The predicted octanol–water partition coefficient (Wildman–Crippen LogP) is 3.88. The van der Waals surface area contributed by atoms with E-state index in [-0.39, 0.29) is 0 Å². The molecule has 0 aliphatic rings. The van der Waals surface area contributed by atoms with Crippen molar-refractivity contribution >= 4 is 10.9 Å². The highest BCUT2D eigenvalue weighted by Gasteiger charge is 2.11. The molecule has 2 N–H and O–H groups in total. The van der Waals surface area contributed by atoms with E-state index < -0.39 is 0 Å². The molecule has 3 rings (SSSR count). The minimum atomic E-state index is 0.447. The quantitative estimate of drug-likeness (QED) is 0.726. The number of benzene rings is 1. The van der Waals surface area contributed by atoms with Gasteiger partial charge in [-0.25, -0.2) is 0 Å². The molecule has 2 heterocycles. The molecule has 0 saturated heterocycles. The number of para-hydroxylation sites is 1. The Morgan fingerprint density at radius 1 is 1.27 bits per heavy atom. The molecule has 0 saturated carbocycles. The Labute approximate surface area is 130 Å². The smallest absolute Gasteiger partial charge is 0.138 e. The van der Waals surface area contributed by atoms with E-state index in [9.17, 15) is 0 Å². The van der Waals surface area contributed by atoms with Gasteiger partial charge < -0.3 is 14.8 Å². The molecule has 0 aliphatic heterocycles. The van der Waals surface area contributed by atoms with E-state index >= 15 is 0 Å². The van der Waals surface area contributed by atoms with Gasteiger partial charge >= 0.3 is 0 Å². The van der Waals surface area contributed by atoms with Crippen LogP contribution in [0.3, 0.4) is 0 Å². The van der Waals surface area contributed by atoms with Gasteiger partial charge in [0.2, 0.25) is 0 Å². The molecule has 0 spiro atoms. The van der Waals surface area contributed by atoms with Crippen LogP contribution in [-0.4, -0.2) is 16.2 Å².